The zero-order chi connectivity index (χ0) is 31.2. The standard InChI is InChI=1S/C25H33N11O5S3.Na/c1-3-5-33-8-10-34(11-9-33)6-4-7-35-25(29-31-32-35)44-13-15-12-42-22-18(21(38)36(22)19(15)23(39)40)28-20(37)17(30-41-2)16-14-43-24(26)27-16;/h3,14,18,22H,1,4-13H2,2H3,(H2,26,27)(H,28,37)(H,39,40);/q;+1/p-1/b30-17+;/t18?,22-;/m1./s1. The Bertz CT molecular complexity index is 1460. The molecule has 0 aliphatic carbocycles. The molecule has 20 heteroatoms. The normalized spacial score (nSPS) is 20.7. The van der Waals surface area contributed by atoms with Crippen molar-refractivity contribution in [3.8, 4) is 0 Å². The van der Waals surface area contributed by atoms with E-state index >= 15 is 0 Å². The van der Waals surface area contributed by atoms with Gasteiger partial charge in [0.05, 0.1) is 11.7 Å². The largest absolute Gasteiger partial charge is 1.00 e. The molecule has 2 atom stereocenters. The van der Waals surface area contributed by atoms with Gasteiger partial charge in [0.25, 0.3) is 11.8 Å². The minimum absolute atomic E-state index is 0. The fourth-order valence-electron chi connectivity index (χ4n) is 5.10. The van der Waals surface area contributed by atoms with Crippen LogP contribution in [0.2, 0.25) is 0 Å². The third-order valence-electron chi connectivity index (χ3n) is 7.26. The summed E-state index contributed by atoms with van der Waals surface area (Å²) in [4.78, 5) is 53.1. The Balaban J connectivity index is 0.00000461. The fourth-order valence-corrected chi connectivity index (χ4v) is 8.03. The minimum atomic E-state index is -1.46. The number of fused-ring (bicyclic) bond motifs is 1. The molecule has 236 valence electrons. The number of nitrogens with one attached hydrogen (secondary N) is 1. The first kappa shape index (κ1) is 35.3. The molecule has 2 fully saturated rings. The number of carbonyl (C=O) groups excluding carboxylic acids is 3. The molecule has 0 spiro atoms. The number of nitrogens with two attached hydrogens (primary N) is 1. The van der Waals surface area contributed by atoms with Crippen molar-refractivity contribution in [2.75, 3.05) is 63.6 Å². The van der Waals surface area contributed by atoms with Crippen molar-refractivity contribution in [1.29, 1.82) is 0 Å². The van der Waals surface area contributed by atoms with Gasteiger partial charge in [-0.3, -0.25) is 19.4 Å². The van der Waals surface area contributed by atoms with Crippen molar-refractivity contribution in [1.82, 2.24) is 45.2 Å². The molecule has 2 saturated heterocycles. The number of hydrogen-bond acceptors (Lipinski definition) is 16. The SMILES string of the molecule is C=CCN1CCN(CCCn2nnnc2SCC2=C(C(=O)[O-])N3C(=O)C(NC(=O)/C(=N/OC)c4csc(N)n4)[C@H]3SC2)CC1.[Na+]. The molecule has 5 rings (SSSR count). The molecule has 2 aromatic rings. The van der Waals surface area contributed by atoms with Crippen LogP contribution in [0.5, 0.6) is 0 Å². The maximum absolute atomic E-state index is 13.1. The topological polar surface area (TPSA) is 200 Å². The number of oxime groups is 1. The molecule has 0 radical (unpaired) electrons. The van der Waals surface area contributed by atoms with Crippen molar-refractivity contribution >= 4 is 63.5 Å². The number of nitrogens with zero attached hydrogens (tertiary/aromatic N) is 9. The second kappa shape index (κ2) is 16.3. The minimum Gasteiger partial charge on any atom is -0.543 e. The van der Waals surface area contributed by atoms with E-state index in [0.29, 0.717) is 23.0 Å². The van der Waals surface area contributed by atoms with Gasteiger partial charge in [-0.05, 0) is 22.4 Å². The third-order valence-corrected chi connectivity index (χ3v) is 10.3. The van der Waals surface area contributed by atoms with E-state index in [9.17, 15) is 19.5 Å². The number of aryl methyl sites for hydroxylation is 1. The van der Waals surface area contributed by atoms with E-state index in [1.807, 2.05) is 6.08 Å². The van der Waals surface area contributed by atoms with E-state index in [0.717, 1.165) is 61.9 Å². The molecule has 2 aromatic heterocycles. The number of carbonyl (C=O) groups is 3. The summed E-state index contributed by atoms with van der Waals surface area (Å²) in [6, 6.07) is -0.966. The van der Waals surface area contributed by atoms with E-state index in [1.54, 1.807) is 10.1 Å². The van der Waals surface area contributed by atoms with Gasteiger partial charge >= 0.3 is 29.6 Å². The van der Waals surface area contributed by atoms with Crippen molar-refractivity contribution in [3.05, 3.63) is 35.0 Å². The Labute approximate surface area is 294 Å². The molecule has 0 bridgehead atoms. The van der Waals surface area contributed by atoms with Crippen LogP contribution in [-0.4, -0.2) is 133 Å². The molecule has 3 aliphatic heterocycles. The van der Waals surface area contributed by atoms with Crippen molar-refractivity contribution < 1.29 is 53.9 Å². The molecule has 3 aliphatic rings. The maximum atomic E-state index is 13.1. The predicted octanol–water partition coefficient (Wildman–Crippen LogP) is -4.54. The smallest absolute Gasteiger partial charge is 0.543 e. The van der Waals surface area contributed by atoms with Crippen molar-refractivity contribution in [3.63, 3.8) is 0 Å². The van der Waals surface area contributed by atoms with Crippen LogP contribution in [0.15, 0.2) is 39.6 Å². The van der Waals surface area contributed by atoms with Crippen LogP contribution in [-0.2, 0) is 25.8 Å². The number of piperazine rings is 1. The fraction of sp³-hybridized carbons (Fsp3) is 0.520. The molecule has 1 unspecified atom stereocenters. The molecular formula is C25H32N11NaO5S3. The summed E-state index contributed by atoms with van der Waals surface area (Å²) < 4.78 is 1.71. The van der Waals surface area contributed by atoms with Gasteiger partial charge in [-0.2, -0.15) is 0 Å². The number of aliphatic carboxylic acids is 1. The molecule has 45 heavy (non-hydrogen) atoms. The van der Waals surface area contributed by atoms with E-state index in [4.69, 9.17) is 10.6 Å². The van der Waals surface area contributed by atoms with Crippen LogP contribution >= 0.6 is 34.9 Å². The van der Waals surface area contributed by atoms with Gasteiger partial charge in [0, 0.05) is 62.7 Å². The molecular weight excluding hydrogens is 654 g/mol. The Kier molecular flexibility index (Phi) is 12.8. The number of thiazole rings is 1. The first-order valence-corrected chi connectivity index (χ1v) is 16.7. The first-order chi connectivity index (χ1) is 21.3. The van der Waals surface area contributed by atoms with E-state index < -0.39 is 29.2 Å². The Morgan fingerprint density at radius 3 is 2.71 bits per heavy atom. The van der Waals surface area contributed by atoms with Crippen LogP contribution in [0.25, 0.3) is 0 Å². The number of thioether (sulfide) groups is 2. The van der Waals surface area contributed by atoms with Crippen LogP contribution < -0.4 is 45.7 Å². The molecule has 0 aromatic carbocycles. The van der Waals surface area contributed by atoms with E-state index in [2.05, 4.69) is 47.4 Å². The Morgan fingerprint density at radius 1 is 1.29 bits per heavy atom. The number of nitrogen functional groups attached to an aromatic ring is 1. The van der Waals surface area contributed by atoms with E-state index in [1.165, 1.54) is 30.6 Å². The Morgan fingerprint density at radius 2 is 2.04 bits per heavy atom. The van der Waals surface area contributed by atoms with Crippen molar-refractivity contribution in [2.45, 2.75) is 29.5 Å². The van der Waals surface area contributed by atoms with Gasteiger partial charge < -0.3 is 30.7 Å². The predicted molar refractivity (Wildman–Crippen MR) is 163 cm³/mol. The van der Waals surface area contributed by atoms with Gasteiger partial charge in [0.2, 0.25) is 5.16 Å². The molecule has 5 heterocycles. The number of anilines is 1. The summed E-state index contributed by atoms with van der Waals surface area (Å²) >= 11 is 3.77. The number of β-lactam (4-membered cyclic amide) rings is 1. The monoisotopic (exact) mass is 685 g/mol. The van der Waals surface area contributed by atoms with Crippen LogP contribution in [0.3, 0.4) is 0 Å². The zero-order valence-electron chi connectivity index (χ0n) is 25.0. The van der Waals surface area contributed by atoms with E-state index in [-0.39, 0.29) is 57.5 Å². The van der Waals surface area contributed by atoms with Crippen LogP contribution in [0.1, 0.15) is 12.1 Å². The van der Waals surface area contributed by atoms with Gasteiger partial charge in [-0.25, -0.2) is 9.67 Å². The number of rotatable bonds is 14. The second-order valence-electron chi connectivity index (χ2n) is 10.1. The summed E-state index contributed by atoms with van der Waals surface area (Å²) in [5.41, 5.74) is 6.05. The summed E-state index contributed by atoms with van der Waals surface area (Å²) in [5, 5.41) is 32.3. The first-order valence-electron chi connectivity index (χ1n) is 13.8. The van der Waals surface area contributed by atoms with Gasteiger partial charge in [0.15, 0.2) is 10.8 Å². The number of tetrazole rings is 1. The summed E-state index contributed by atoms with van der Waals surface area (Å²) in [5.74, 6) is -2.15. The van der Waals surface area contributed by atoms with Gasteiger partial charge in [-0.15, -0.1) is 34.8 Å². The number of hydrogen-bond donors (Lipinski definition) is 2. The third kappa shape index (κ3) is 8.26. The number of carboxylic acid groups (broad SMARTS) is 1. The van der Waals surface area contributed by atoms with Crippen LogP contribution in [0, 0.1) is 0 Å². The maximum Gasteiger partial charge on any atom is 1.00 e. The summed E-state index contributed by atoms with van der Waals surface area (Å²) in [7, 11) is 1.28. The molecule has 3 N–H and O–H groups in total. The molecule has 16 nitrogen and oxygen atoms in total. The second-order valence-corrected chi connectivity index (χ2v) is 13.0. The number of amides is 2. The van der Waals surface area contributed by atoms with Gasteiger partial charge in [0.1, 0.15) is 24.2 Å². The average Bonchev–Trinajstić information content (AvgIpc) is 3.66. The zero-order valence-corrected chi connectivity index (χ0v) is 29.4. The van der Waals surface area contributed by atoms with Gasteiger partial charge in [-0.1, -0.05) is 23.0 Å². The number of carboxylic acids is 1. The summed E-state index contributed by atoms with van der Waals surface area (Å²) in [6.07, 6.45) is 2.80. The molecule has 0 saturated carbocycles. The average molecular weight is 686 g/mol. The summed E-state index contributed by atoms with van der Waals surface area (Å²) in [6.45, 7) is 10.3. The quantitative estimate of drug-likeness (QED) is 0.0481. The molecule has 2 amide bonds. The number of aromatic nitrogens is 5. The van der Waals surface area contributed by atoms with Crippen molar-refractivity contribution in [2.24, 2.45) is 5.16 Å². The van der Waals surface area contributed by atoms with Crippen LogP contribution in [0.4, 0.5) is 5.13 Å². The Hall–Kier alpha value is -2.52.